The summed E-state index contributed by atoms with van der Waals surface area (Å²) in [4.78, 5) is 37.1. The third kappa shape index (κ3) is 48.7. The summed E-state index contributed by atoms with van der Waals surface area (Å²) in [6.07, 6.45) is -1.56. The first-order chi connectivity index (χ1) is 33.0. The lowest BCUT2D eigenvalue weighted by molar-refractivity contribution is -0.165. The van der Waals surface area contributed by atoms with Crippen LogP contribution in [0.3, 0.4) is 0 Å². The molecule has 0 saturated carbocycles. The van der Waals surface area contributed by atoms with Crippen LogP contribution in [-0.4, -0.2) is 259 Å². The van der Waals surface area contributed by atoms with E-state index in [9.17, 15) is 14.4 Å². The maximum absolute atomic E-state index is 12.4. The van der Waals surface area contributed by atoms with Crippen LogP contribution in [0, 0.1) is 0 Å². The van der Waals surface area contributed by atoms with E-state index in [4.69, 9.17) is 98.7 Å². The standard InChI is InChI=1S/C43H88N6O19/c1-43(2,3)68-42(52)36-67-39(32-63-26-20-57-14-8-48-40(50)34-65-37(28-59-22-16-53-10-4-44)29-60-23-17-54-11-5-45)33-64-27-21-58-15-9-49-41(51)35-66-38(30-61-24-18-55-12-6-46)31-62-25-19-56-13-7-47/h37-39H,4-36,44-47H2,1-3H3,(H,48,50)(H,49,51). The number of rotatable bonds is 53. The second kappa shape index (κ2) is 49.6. The van der Waals surface area contributed by atoms with Gasteiger partial charge < -0.3 is 109 Å². The first-order valence-electron chi connectivity index (χ1n) is 23.4. The van der Waals surface area contributed by atoms with Crippen LogP contribution in [0.15, 0.2) is 0 Å². The van der Waals surface area contributed by atoms with E-state index in [1.54, 1.807) is 20.8 Å². The zero-order valence-corrected chi connectivity index (χ0v) is 41.1. The van der Waals surface area contributed by atoms with Crippen LogP contribution in [0.5, 0.6) is 0 Å². The highest BCUT2D eigenvalue weighted by Gasteiger charge is 2.19. The Morgan fingerprint density at radius 2 is 0.618 bits per heavy atom. The Kier molecular flexibility index (Phi) is 47.9. The summed E-state index contributed by atoms with van der Waals surface area (Å²) in [5, 5.41) is 5.49. The van der Waals surface area contributed by atoms with Crippen molar-refractivity contribution in [2.75, 3.05) is 218 Å². The molecule has 0 heterocycles. The van der Waals surface area contributed by atoms with Crippen molar-refractivity contribution in [2.45, 2.75) is 44.7 Å². The van der Waals surface area contributed by atoms with Gasteiger partial charge in [-0.1, -0.05) is 0 Å². The lowest BCUT2D eigenvalue weighted by Crippen LogP contribution is -2.35. The molecule has 0 aromatic carbocycles. The van der Waals surface area contributed by atoms with Gasteiger partial charge in [0.15, 0.2) is 0 Å². The third-order valence-electron chi connectivity index (χ3n) is 8.00. The molecule has 0 rings (SSSR count). The summed E-state index contributed by atoms with van der Waals surface area (Å²) in [7, 11) is 0. The molecule has 0 saturated heterocycles. The summed E-state index contributed by atoms with van der Waals surface area (Å²) >= 11 is 0. The van der Waals surface area contributed by atoms with Crippen molar-refractivity contribution in [1.29, 1.82) is 0 Å². The number of esters is 1. The van der Waals surface area contributed by atoms with Crippen LogP contribution in [-0.2, 0) is 90.2 Å². The van der Waals surface area contributed by atoms with Gasteiger partial charge in [-0.2, -0.15) is 0 Å². The molecule has 25 heteroatoms. The number of carbonyl (C=O) groups is 3. The monoisotopic (exact) mass is 993 g/mol. The second-order valence-electron chi connectivity index (χ2n) is 15.4. The van der Waals surface area contributed by atoms with E-state index < -0.39 is 29.9 Å². The highest BCUT2D eigenvalue weighted by Crippen LogP contribution is 2.08. The van der Waals surface area contributed by atoms with Crippen LogP contribution in [0.1, 0.15) is 20.8 Å². The predicted octanol–water partition coefficient (Wildman–Crippen LogP) is -3.25. The Bertz CT molecular complexity index is 1040. The van der Waals surface area contributed by atoms with Crippen molar-refractivity contribution in [3.63, 3.8) is 0 Å². The Hall–Kier alpha value is -2.35. The molecule has 2 amide bonds. The number of nitrogens with one attached hydrogen (secondary N) is 2. The van der Waals surface area contributed by atoms with Crippen molar-refractivity contribution >= 4 is 17.8 Å². The van der Waals surface area contributed by atoms with Gasteiger partial charge >= 0.3 is 5.97 Å². The molecule has 0 unspecified atom stereocenters. The van der Waals surface area contributed by atoms with E-state index >= 15 is 0 Å². The zero-order chi connectivity index (χ0) is 50.0. The van der Waals surface area contributed by atoms with E-state index in [1.807, 2.05) is 0 Å². The average molecular weight is 993 g/mol. The average Bonchev–Trinajstić information content (AvgIpc) is 3.31. The molecular formula is C43H88N6O19. The minimum absolute atomic E-state index is 0.108. The van der Waals surface area contributed by atoms with Gasteiger partial charge in [-0.15, -0.1) is 0 Å². The molecule has 0 atom stereocenters. The number of carbonyl (C=O) groups excluding carboxylic acids is 3. The summed E-state index contributed by atoms with van der Waals surface area (Å²) in [5.74, 6) is -1.18. The Morgan fingerprint density at radius 3 is 0.882 bits per heavy atom. The molecule has 0 aliphatic rings. The summed E-state index contributed by atoms with van der Waals surface area (Å²) in [6.45, 7) is 14.0. The molecule has 0 fully saturated rings. The number of ether oxygens (including phenoxy) is 16. The number of hydrogen-bond acceptors (Lipinski definition) is 23. The van der Waals surface area contributed by atoms with E-state index in [-0.39, 0.29) is 124 Å². The number of amides is 2. The molecule has 0 spiro atoms. The summed E-state index contributed by atoms with van der Waals surface area (Å²) in [5.41, 5.74) is 21.0. The fourth-order valence-electron chi connectivity index (χ4n) is 4.95. The third-order valence-corrected chi connectivity index (χ3v) is 8.00. The summed E-state index contributed by atoms with van der Waals surface area (Å²) < 4.78 is 88.9. The minimum atomic E-state index is -0.670. The van der Waals surface area contributed by atoms with Gasteiger partial charge in [0.25, 0.3) is 0 Å². The Labute approximate surface area is 403 Å². The largest absolute Gasteiger partial charge is 0.458 e. The lowest BCUT2D eigenvalue weighted by Gasteiger charge is -2.22. The molecular weight excluding hydrogens is 904 g/mol. The van der Waals surface area contributed by atoms with Gasteiger partial charge in [0.05, 0.1) is 159 Å². The Morgan fingerprint density at radius 1 is 0.368 bits per heavy atom. The van der Waals surface area contributed by atoms with E-state index in [1.165, 1.54) is 0 Å². The van der Waals surface area contributed by atoms with Gasteiger partial charge in [0.1, 0.15) is 43.7 Å². The van der Waals surface area contributed by atoms with Gasteiger partial charge in [0, 0.05) is 39.3 Å². The smallest absolute Gasteiger partial charge is 0.332 e. The van der Waals surface area contributed by atoms with Crippen LogP contribution in [0.2, 0.25) is 0 Å². The fourth-order valence-corrected chi connectivity index (χ4v) is 4.95. The molecule has 0 bridgehead atoms. The highest BCUT2D eigenvalue weighted by molar-refractivity contribution is 5.77. The maximum atomic E-state index is 12.4. The van der Waals surface area contributed by atoms with E-state index in [0.717, 1.165) is 0 Å². The fraction of sp³-hybridized carbons (Fsp3) is 0.930. The minimum Gasteiger partial charge on any atom is -0.458 e. The molecule has 404 valence electrons. The molecule has 0 aromatic heterocycles. The predicted molar refractivity (Wildman–Crippen MR) is 247 cm³/mol. The number of nitrogens with two attached hydrogens (primary N) is 4. The maximum Gasteiger partial charge on any atom is 0.332 e. The van der Waals surface area contributed by atoms with E-state index in [0.29, 0.717) is 105 Å². The molecule has 0 radical (unpaired) electrons. The van der Waals surface area contributed by atoms with Gasteiger partial charge in [0.2, 0.25) is 11.8 Å². The quantitative estimate of drug-likeness (QED) is 0.0258. The van der Waals surface area contributed by atoms with Gasteiger partial charge in [-0.05, 0) is 20.8 Å². The highest BCUT2D eigenvalue weighted by atomic mass is 16.6. The van der Waals surface area contributed by atoms with Crippen molar-refractivity contribution < 1.29 is 90.2 Å². The summed E-state index contributed by atoms with van der Waals surface area (Å²) in [6, 6.07) is 0. The first-order valence-corrected chi connectivity index (χ1v) is 23.4. The van der Waals surface area contributed by atoms with Crippen LogP contribution in [0.4, 0.5) is 0 Å². The topological polar surface area (TPSA) is 327 Å². The van der Waals surface area contributed by atoms with Crippen LogP contribution < -0.4 is 33.6 Å². The van der Waals surface area contributed by atoms with Crippen molar-refractivity contribution in [1.82, 2.24) is 10.6 Å². The van der Waals surface area contributed by atoms with Crippen LogP contribution in [0.25, 0.3) is 0 Å². The Balaban J connectivity index is 4.50. The van der Waals surface area contributed by atoms with Crippen molar-refractivity contribution in [3.05, 3.63) is 0 Å². The number of hydrogen-bond donors (Lipinski definition) is 6. The SMILES string of the molecule is CC(C)(C)OC(=O)COC(COCCOCCNC(=O)COC(COCCOCCN)COCCOCCN)COCCOCCNC(=O)COC(COCCOCCN)COCCOCCN. The lowest BCUT2D eigenvalue weighted by atomic mass is 10.2. The first kappa shape index (κ1) is 65.7. The van der Waals surface area contributed by atoms with Crippen molar-refractivity contribution in [3.8, 4) is 0 Å². The molecule has 0 aliphatic carbocycles. The van der Waals surface area contributed by atoms with E-state index in [2.05, 4.69) is 10.6 Å². The molecule has 68 heavy (non-hydrogen) atoms. The van der Waals surface area contributed by atoms with Gasteiger partial charge in [-0.25, -0.2) is 4.79 Å². The normalized spacial score (nSPS) is 11.9. The molecule has 10 N–H and O–H groups in total. The molecule has 25 nitrogen and oxygen atoms in total. The molecule has 0 aliphatic heterocycles. The zero-order valence-electron chi connectivity index (χ0n) is 41.1. The van der Waals surface area contributed by atoms with Crippen LogP contribution >= 0.6 is 0 Å². The van der Waals surface area contributed by atoms with Gasteiger partial charge in [-0.3, -0.25) is 9.59 Å². The van der Waals surface area contributed by atoms with Crippen molar-refractivity contribution in [2.24, 2.45) is 22.9 Å². The second-order valence-corrected chi connectivity index (χ2v) is 15.4. The molecule has 0 aromatic rings.